The fourth-order valence-corrected chi connectivity index (χ4v) is 10.5. The van der Waals surface area contributed by atoms with E-state index < -0.39 is 85.2 Å². The quantitative estimate of drug-likeness (QED) is 0.0851. The van der Waals surface area contributed by atoms with Crippen LogP contribution in [0.4, 0.5) is 4.79 Å². The van der Waals surface area contributed by atoms with Crippen LogP contribution >= 0.6 is 0 Å². The van der Waals surface area contributed by atoms with Gasteiger partial charge in [0.2, 0.25) is 27.4 Å². The van der Waals surface area contributed by atoms with E-state index in [1.54, 1.807) is 53.0 Å². The van der Waals surface area contributed by atoms with Crippen LogP contribution in [0.1, 0.15) is 71.8 Å². The van der Waals surface area contributed by atoms with Crippen molar-refractivity contribution < 1.29 is 51.3 Å². The molecule has 3 aromatic carbocycles. The highest BCUT2D eigenvalue weighted by Crippen LogP contribution is 2.49. The third-order valence-electron chi connectivity index (χ3n) is 13.2. The van der Waals surface area contributed by atoms with Gasteiger partial charge in [0, 0.05) is 48.3 Å². The molecule has 1 aliphatic heterocycles. The molecule has 3 saturated carbocycles. The second kappa shape index (κ2) is 18.0. The molecule has 1 saturated heterocycles. The number of hydrogen-bond donors (Lipinski definition) is 3. The van der Waals surface area contributed by atoms with Gasteiger partial charge in [-0.05, 0) is 55.7 Å². The summed E-state index contributed by atoms with van der Waals surface area (Å²) >= 11 is 0. The highest BCUT2D eigenvalue weighted by atomic mass is 32.2. The molecule has 354 valence electrons. The number of nitrogens with zero attached hydrogens (tertiary/aromatic N) is 2. The lowest BCUT2D eigenvalue weighted by Gasteiger charge is -2.35. The molecule has 4 amide bonds. The number of amides is 4. The van der Waals surface area contributed by atoms with Gasteiger partial charge in [-0.3, -0.25) is 19.1 Å². The Balaban J connectivity index is 1.09. The van der Waals surface area contributed by atoms with E-state index in [2.05, 4.69) is 21.9 Å². The van der Waals surface area contributed by atoms with E-state index in [1.165, 1.54) is 11.0 Å². The number of rotatable bonds is 17. The van der Waals surface area contributed by atoms with Crippen molar-refractivity contribution >= 4 is 50.7 Å². The van der Waals surface area contributed by atoms with Crippen LogP contribution in [0.3, 0.4) is 0 Å². The molecule has 0 radical (unpaired) electrons. The van der Waals surface area contributed by atoms with Gasteiger partial charge in [-0.15, -0.1) is 6.58 Å². The van der Waals surface area contributed by atoms with Crippen molar-refractivity contribution in [1.29, 1.82) is 0 Å². The fraction of sp³-hybridized carbons (Fsp3) is 0.440. The van der Waals surface area contributed by atoms with E-state index in [4.69, 9.17) is 23.9 Å². The first-order chi connectivity index (χ1) is 31.9. The predicted octanol–water partition coefficient (Wildman–Crippen LogP) is 5.78. The summed E-state index contributed by atoms with van der Waals surface area (Å²) in [5, 5.41) is 6.17. The van der Waals surface area contributed by atoms with Crippen LogP contribution in [0.15, 0.2) is 97.6 Å². The zero-order chi connectivity index (χ0) is 47.9. The molecule has 4 aliphatic rings. The number of sulfonamides is 1. The van der Waals surface area contributed by atoms with E-state index >= 15 is 4.79 Å². The average Bonchev–Trinajstić information content (AvgIpc) is 4.26. The number of esters is 1. The first-order valence-corrected chi connectivity index (χ1v) is 24.1. The SMILES string of the molecule is C=CC1C[C@@]1(NC(=O)[C@@H]1C[C@@H](Oc2cc(-c3ccccc3)nc3cc(OC)ccc23)CN1C(=O)[C@@H](NC(=O)OC1(C(=O)OCC)CC1)C(C)(C)C)C(=O)NS(=O)(=O)C1(Cc2ccccc2)CC1. The number of fused-ring (bicyclic) bond motifs is 1. The van der Waals surface area contributed by atoms with Crippen LogP contribution in [0.5, 0.6) is 11.5 Å². The standard InChI is InChI=1S/C50H57N5O11S/c1-7-33-29-50(33,44(58)54-67(61,62)48(21-22-48)28-31-15-11-9-12-16-31)53-42(56)39-26-35(65-40-27-37(32-17-13-10-14-18-32)51-38-25-34(63-6)19-20-36(38)40)30-55(39)43(57)41(47(3,4)5)52-46(60)66-49(23-24-49)45(59)64-8-2/h7,9-20,25,27,33,35,39,41H,1,8,21-24,26,28-30H2,2-6H3,(H,52,60)(H,53,56)(H,54,58)/t33?,35-,39+,41-,50+/m1/s1. The number of benzene rings is 3. The monoisotopic (exact) mass is 935 g/mol. The van der Waals surface area contributed by atoms with Crippen molar-refractivity contribution in [3.8, 4) is 22.8 Å². The number of methoxy groups -OCH3 is 1. The summed E-state index contributed by atoms with van der Waals surface area (Å²) in [6.07, 6.45) is 1.16. The van der Waals surface area contributed by atoms with Crippen LogP contribution in [0.25, 0.3) is 22.2 Å². The lowest BCUT2D eigenvalue weighted by Crippen LogP contribution is -2.60. The van der Waals surface area contributed by atoms with Gasteiger partial charge in [-0.25, -0.2) is 23.0 Å². The second-order valence-corrected chi connectivity index (χ2v) is 21.1. The van der Waals surface area contributed by atoms with Gasteiger partial charge in [0.1, 0.15) is 35.2 Å². The Labute approximate surface area is 390 Å². The first kappa shape index (κ1) is 47.0. The van der Waals surface area contributed by atoms with Gasteiger partial charge in [-0.1, -0.05) is 87.5 Å². The van der Waals surface area contributed by atoms with Crippen LogP contribution in [0, 0.1) is 11.3 Å². The number of likely N-dealkylation sites (tertiary alicyclic amines) is 1. The van der Waals surface area contributed by atoms with Crippen molar-refractivity contribution in [1.82, 2.24) is 25.2 Å². The van der Waals surface area contributed by atoms with Crippen molar-refractivity contribution in [2.24, 2.45) is 11.3 Å². The van der Waals surface area contributed by atoms with E-state index in [9.17, 15) is 27.6 Å². The van der Waals surface area contributed by atoms with Crippen LogP contribution in [-0.4, -0.2) is 102 Å². The number of hydrogen-bond acceptors (Lipinski definition) is 12. The highest BCUT2D eigenvalue weighted by molar-refractivity contribution is 7.91. The Bertz CT molecular complexity index is 2700. The lowest BCUT2D eigenvalue weighted by molar-refractivity contribution is -0.155. The largest absolute Gasteiger partial charge is 0.497 e. The molecule has 0 spiro atoms. The van der Waals surface area contributed by atoms with Crippen LogP contribution in [0.2, 0.25) is 0 Å². The normalized spacial score (nSPS) is 22.6. The van der Waals surface area contributed by atoms with E-state index in [1.807, 2.05) is 66.7 Å². The summed E-state index contributed by atoms with van der Waals surface area (Å²) in [6, 6.07) is 23.3. The first-order valence-electron chi connectivity index (χ1n) is 22.6. The number of ether oxygens (including phenoxy) is 4. The highest BCUT2D eigenvalue weighted by Gasteiger charge is 2.64. The average molecular weight is 936 g/mol. The topological polar surface area (TPSA) is 209 Å². The summed E-state index contributed by atoms with van der Waals surface area (Å²) in [4.78, 5) is 76.5. The van der Waals surface area contributed by atoms with Crippen molar-refractivity contribution in [2.75, 3.05) is 20.3 Å². The summed E-state index contributed by atoms with van der Waals surface area (Å²) < 4.78 is 52.0. The number of alkyl carbamates (subject to hydrolysis) is 1. The Kier molecular flexibility index (Phi) is 12.6. The molecular formula is C50H57N5O11S. The molecule has 0 bridgehead atoms. The maximum absolute atomic E-state index is 15.0. The molecule has 17 heteroatoms. The van der Waals surface area contributed by atoms with Crippen molar-refractivity contribution in [3.63, 3.8) is 0 Å². The zero-order valence-electron chi connectivity index (χ0n) is 38.3. The number of pyridine rings is 1. The van der Waals surface area contributed by atoms with Gasteiger partial charge >= 0.3 is 12.1 Å². The van der Waals surface area contributed by atoms with Gasteiger partial charge < -0.3 is 34.5 Å². The van der Waals surface area contributed by atoms with Gasteiger partial charge in [0.25, 0.3) is 5.91 Å². The van der Waals surface area contributed by atoms with Gasteiger partial charge in [-0.2, -0.15) is 0 Å². The van der Waals surface area contributed by atoms with E-state index in [0.717, 1.165) is 11.1 Å². The van der Waals surface area contributed by atoms with E-state index in [0.29, 0.717) is 40.9 Å². The molecule has 4 fully saturated rings. The van der Waals surface area contributed by atoms with Gasteiger partial charge in [0.05, 0.1) is 36.2 Å². The number of carbonyl (C=O) groups excluding carboxylic acids is 5. The summed E-state index contributed by atoms with van der Waals surface area (Å²) in [6.45, 7) is 10.7. The minimum absolute atomic E-state index is 0.0551. The van der Waals surface area contributed by atoms with Crippen LogP contribution in [-0.2, 0) is 45.1 Å². The smallest absolute Gasteiger partial charge is 0.408 e. The summed E-state index contributed by atoms with van der Waals surface area (Å²) in [7, 11) is -2.65. The Morgan fingerprint density at radius 3 is 2.24 bits per heavy atom. The lowest BCUT2D eigenvalue weighted by atomic mass is 9.85. The van der Waals surface area contributed by atoms with E-state index in [-0.39, 0.29) is 45.3 Å². The summed E-state index contributed by atoms with van der Waals surface area (Å²) in [5.74, 6) is -2.57. The molecule has 1 unspecified atom stereocenters. The fourth-order valence-electron chi connectivity index (χ4n) is 8.88. The Morgan fingerprint density at radius 2 is 1.64 bits per heavy atom. The molecule has 8 rings (SSSR count). The second-order valence-electron chi connectivity index (χ2n) is 19.1. The Hall–Kier alpha value is -6.49. The molecule has 3 N–H and O–H groups in total. The van der Waals surface area contributed by atoms with Crippen molar-refractivity contribution in [2.45, 2.75) is 107 Å². The Morgan fingerprint density at radius 1 is 0.955 bits per heavy atom. The molecule has 3 aliphatic carbocycles. The summed E-state index contributed by atoms with van der Waals surface area (Å²) in [5.41, 5.74) is -1.27. The van der Waals surface area contributed by atoms with Gasteiger partial charge in [0.15, 0.2) is 0 Å². The molecule has 16 nitrogen and oxygen atoms in total. The molecule has 1 aromatic heterocycles. The predicted molar refractivity (Wildman–Crippen MR) is 248 cm³/mol. The maximum atomic E-state index is 15.0. The minimum Gasteiger partial charge on any atom is -0.497 e. The van der Waals surface area contributed by atoms with Crippen LogP contribution < -0.4 is 24.8 Å². The molecule has 4 aromatic rings. The van der Waals surface area contributed by atoms with Crippen molar-refractivity contribution in [3.05, 3.63) is 103 Å². The molecular weight excluding hydrogens is 879 g/mol. The number of aromatic nitrogens is 1. The third kappa shape index (κ3) is 9.56. The maximum Gasteiger partial charge on any atom is 0.408 e. The molecule has 5 atom stereocenters. The number of nitrogens with one attached hydrogen (secondary N) is 3. The zero-order valence-corrected chi connectivity index (χ0v) is 39.2. The number of carbonyl (C=O) groups is 5. The molecule has 2 heterocycles. The third-order valence-corrected chi connectivity index (χ3v) is 15.4. The minimum atomic E-state index is -4.21. The molecule has 67 heavy (non-hydrogen) atoms.